The first kappa shape index (κ1) is 23.6. The van der Waals surface area contributed by atoms with Gasteiger partial charge in [0.2, 0.25) is 10.0 Å². The van der Waals surface area contributed by atoms with Gasteiger partial charge in [0.1, 0.15) is 0 Å². The number of nitrogens with zero attached hydrogens (tertiary/aromatic N) is 1. The van der Waals surface area contributed by atoms with Crippen LogP contribution in [0.1, 0.15) is 19.8 Å². The minimum atomic E-state index is -3.80. The molecular formula is C17H23ClN2O7S2. The molecule has 0 radical (unpaired) electrons. The zero-order valence-electron chi connectivity index (χ0n) is 16.0. The monoisotopic (exact) mass is 466 g/mol. The van der Waals surface area contributed by atoms with E-state index in [1.165, 1.54) is 43.1 Å². The second-order valence-electron chi connectivity index (χ2n) is 6.74. The van der Waals surface area contributed by atoms with Crippen molar-refractivity contribution in [3.8, 4) is 0 Å². The molecule has 0 unspecified atom stereocenters. The lowest BCUT2D eigenvalue weighted by Gasteiger charge is -2.26. The number of ether oxygens (including phenoxy) is 1. The van der Waals surface area contributed by atoms with Crippen LogP contribution in [-0.4, -0.2) is 70.9 Å². The number of likely N-dealkylation sites (N-methyl/N-ethyl adjacent to an activating group) is 1. The molecule has 1 aliphatic rings. The fourth-order valence-corrected chi connectivity index (χ4v) is 5.77. The lowest BCUT2D eigenvalue weighted by atomic mass is 10.2. The quantitative estimate of drug-likeness (QED) is 0.555. The Morgan fingerprint density at radius 3 is 2.48 bits per heavy atom. The minimum Gasteiger partial charge on any atom is -0.452 e. The van der Waals surface area contributed by atoms with Crippen LogP contribution in [-0.2, 0) is 34.2 Å². The molecule has 1 fully saturated rings. The molecule has 1 amide bonds. The lowest BCUT2D eigenvalue weighted by molar-refractivity contribution is -0.159. The van der Waals surface area contributed by atoms with Gasteiger partial charge in [0.05, 0.1) is 22.8 Å². The van der Waals surface area contributed by atoms with E-state index in [4.69, 9.17) is 16.3 Å². The third-order valence-corrected chi connectivity index (χ3v) is 7.98. The maximum absolute atomic E-state index is 12.4. The molecule has 0 saturated carbocycles. The predicted molar refractivity (Wildman–Crippen MR) is 107 cm³/mol. The summed E-state index contributed by atoms with van der Waals surface area (Å²) in [5.41, 5.74) is 0. The molecule has 162 valence electrons. The van der Waals surface area contributed by atoms with Crippen molar-refractivity contribution in [1.29, 1.82) is 0 Å². The van der Waals surface area contributed by atoms with Gasteiger partial charge < -0.3 is 9.64 Å². The van der Waals surface area contributed by atoms with Crippen LogP contribution in [0.5, 0.6) is 0 Å². The van der Waals surface area contributed by atoms with Crippen LogP contribution in [0.25, 0.3) is 0 Å². The van der Waals surface area contributed by atoms with Crippen LogP contribution < -0.4 is 4.72 Å². The van der Waals surface area contributed by atoms with Gasteiger partial charge in [0, 0.05) is 24.7 Å². The van der Waals surface area contributed by atoms with Crippen molar-refractivity contribution in [2.24, 2.45) is 0 Å². The first-order chi connectivity index (χ1) is 13.4. The van der Waals surface area contributed by atoms with Crippen LogP contribution in [0, 0.1) is 0 Å². The molecule has 1 aliphatic heterocycles. The van der Waals surface area contributed by atoms with Crippen LogP contribution in [0.15, 0.2) is 29.2 Å². The number of carbonyl (C=O) groups is 2. The Morgan fingerprint density at radius 2 is 1.93 bits per heavy atom. The molecule has 29 heavy (non-hydrogen) atoms. The number of rotatable bonds is 8. The van der Waals surface area contributed by atoms with Crippen molar-refractivity contribution in [2.45, 2.75) is 36.8 Å². The van der Waals surface area contributed by atoms with Gasteiger partial charge in [0.25, 0.3) is 5.91 Å². The first-order valence-electron chi connectivity index (χ1n) is 8.83. The van der Waals surface area contributed by atoms with Gasteiger partial charge in [-0.3, -0.25) is 9.59 Å². The van der Waals surface area contributed by atoms with Crippen molar-refractivity contribution in [3.63, 3.8) is 0 Å². The predicted octanol–water partition coefficient (Wildman–Crippen LogP) is 0.586. The van der Waals surface area contributed by atoms with Crippen LogP contribution >= 0.6 is 11.6 Å². The Balaban J connectivity index is 1.81. The number of esters is 1. The molecule has 9 nitrogen and oxygen atoms in total. The maximum Gasteiger partial charge on any atom is 0.307 e. The molecule has 0 aliphatic carbocycles. The minimum absolute atomic E-state index is 0.00644. The van der Waals surface area contributed by atoms with E-state index in [9.17, 15) is 26.4 Å². The summed E-state index contributed by atoms with van der Waals surface area (Å²) in [5.74, 6) is -1.35. The van der Waals surface area contributed by atoms with E-state index in [1.54, 1.807) is 0 Å². The Hall–Kier alpha value is -1.69. The molecule has 1 aromatic carbocycles. The molecular weight excluding hydrogens is 444 g/mol. The van der Waals surface area contributed by atoms with Gasteiger partial charge in [0.15, 0.2) is 15.9 Å². The second kappa shape index (κ2) is 9.41. The van der Waals surface area contributed by atoms with E-state index < -0.39 is 43.9 Å². The van der Waals surface area contributed by atoms with Gasteiger partial charge >= 0.3 is 5.97 Å². The second-order valence-corrected chi connectivity index (χ2v) is 11.2. The Labute approximate surface area is 175 Å². The van der Waals surface area contributed by atoms with Gasteiger partial charge in [-0.15, -0.1) is 0 Å². The molecule has 0 aromatic heterocycles. The largest absolute Gasteiger partial charge is 0.452 e. The number of amides is 1. The number of nitrogens with one attached hydrogen (secondary N) is 1. The summed E-state index contributed by atoms with van der Waals surface area (Å²) in [5, 5.41) is 0.395. The summed E-state index contributed by atoms with van der Waals surface area (Å²) in [6, 6.07) is 5.10. The van der Waals surface area contributed by atoms with Crippen molar-refractivity contribution in [1.82, 2.24) is 9.62 Å². The number of hydrogen-bond donors (Lipinski definition) is 1. The van der Waals surface area contributed by atoms with Crippen molar-refractivity contribution in [2.75, 3.05) is 25.1 Å². The first-order valence-corrected chi connectivity index (χ1v) is 12.5. The van der Waals surface area contributed by atoms with Crippen LogP contribution in [0.4, 0.5) is 0 Å². The highest BCUT2D eigenvalue weighted by Crippen LogP contribution is 2.18. The average Bonchev–Trinajstić information content (AvgIpc) is 3.00. The van der Waals surface area contributed by atoms with Crippen LogP contribution in [0.3, 0.4) is 0 Å². The average molecular weight is 467 g/mol. The Morgan fingerprint density at radius 1 is 1.31 bits per heavy atom. The van der Waals surface area contributed by atoms with E-state index >= 15 is 0 Å². The summed E-state index contributed by atoms with van der Waals surface area (Å²) < 4.78 is 54.7. The highest BCUT2D eigenvalue weighted by Gasteiger charge is 2.34. The summed E-state index contributed by atoms with van der Waals surface area (Å²) in [4.78, 5) is 25.6. The van der Waals surface area contributed by atoms with Crippen molar-refractivity contribution >= 4 is 43.3 Å². The molecule has 12 heteroatoms. The normalized spacial score (nSPS) is 19.5. The van der Waals surface area contributed by atoms with Gasteiger partial charge in [-0.1, -0.05) is 11.6 Å². The van der Waals surface area contributed by atoms with Gasteiger partial charge in [-0.05, 0) is 37.6 Å². The molecule has 1 N–H and O–H groups in total. The zero-order valence-corrected chi connectivity index (χ0v) is 18.4. The molecule has 1 aromatic rings. The van der Waals surface area contributed by atoms with Crippen molar-refractivity contribution in [3.05, 3.63) is 29.3 Å². The SMILES string of the molecule is C[C@@H](OC(=O)CCNS(=O)(=O)c1ccc(Cl)cc1)C(=O)N(C)[C@H]1CCS(=O)(=O)C1. The molecule has 1 heterocycles. The molecule has 2 atom stereocenters. The maximum atomic E-state index is 12.4. The number of benzene rings is 1. The zero-order chi connectivity index (χ0) is 21.8. The fraction of sp³-hybridized carbons (Fsp3) is 0.529. The number of carbonyl (C=O) groups excluding carboxylic acids is 2. The third kappa shape index (κ3) is 6.66. The smallest absolute Gasteiger partial charge is 0.307 e. The summed E-state index contributed by atoms with van der Waals surface area (Å²) in [7, 11) is -5.48. The molecule has 2 rings (SSSR count). The number of sulfonamides is 1. The van der Waals surface area contributed by atoms with E-state index in [2.05, 4.69) is 4.72 Å². The van der Waals surface area contributed by atoms with E-state index in [1.807, 2.05) is 0 Å². The summed E-state index contributed by atoms with van der Waals surface area (Å²) in [6.45, 7) is 1.18. The van der Waals surface area contributed by atoms with Crippen molar-refractivity contribution < 1.29 is 31.2 Å². The molecule has 0 bridgehead atoms. The number of halogens is 1. The molecule has 1 saturated heterocycles. The topological polar surface area (TPSA) is 127 Å². The van der Waals surface area contributed by atoms with E-state index in [0.29, 0.717) is 11.4 Å². The fourth-order valence-electron chi connectivity index (χ4n) is 2.84. The van der Waals surface area contributed by atoms with E-state index in [0.717, 1.165) is 0 Å². The highest BCUT2D eigenvalue weighted by atomic mass is 35.5. The summed E-state index contributed by atoms with van der Waals surface area (Å²) >= 11 is 5.72. The summed E-state index contributed by atoms with van der Waals surface area (Å²) in [6.07, 6.45) is -1.03. The number of sulfone groups is 1. The van der Waals surface area contributed by atoms with Crippen LogP contribution in [0.2, 0.25) is 5.02 Å². The standard InChI is InChI=1S/C17H23ClN2O7S2/c1-12(17(22)20(2)14-8-10-28(23,24)11-14)27-16(21)7-9-19-29(25,26)15-5-3-13(18)4-6-15/h3-6,12,14,19H,7-11H2,1-2H3/t12-,14+/m1/s1. The third-order valence-electron chi connectivity index (χ3n) is 4.50. The number of hydrogen-bond acceptors (Lipinski definition) is 7. The van der Waals surface area contributed by atoms with Gasteiger partial charge in [-0.2, -0.15) is 0 Å². The van der Waals surface area contributed by atoms with E-state index in [-0.39, 0.29) is 29.4 Å². The molecule has 0 spiro atoms. The Kier molecular flexibility index (Phi) is 7.66. The highest BCUT2D eigenvalue weighted by molar-refractivity contribution is 7.91. The van der Waals surface area contributed by atoms with Gasteiger partial charge in [-0.25, -0.2) is 21.6 Å². The Bertz CT molecular complexity index is 962. The lowest BCUT2D eigenvalue weighted by Crippen LogP contribution is -2.44.